The number of para-hydroxylation sites is 2. The number of thiazole rings is 1. The van der Waals surface area contributed by atoms with Gasteiger partial charge in [-0.1, -0.05) is 30.0 Å². The Balaban J connectivity index is 1.67. The zero-order chi connectivity index (χ0) is 20.8. The number of rotatable bonds is 8. The molecule has 10 heteroatoms. The first-order valence-corrected chi connectivity index (χ1v) is 11.0. The standard InChI is InChI=1S/C20H18N6O2S2/c1-2-28-16-9-4-3-8-15(16)26-18(14-7-5-6-10-21-14)24-25-20(26)30-13-17(27)23-19-22-11-12-29-19/h3-12H,2,13H2,1H3,(H,22,23,27). The van der Waals surface area contributed by atoms with E-state index in [-0.39, 0.29) is 11.7 Å². The number of amides is 1. The molecule has 4 rings (SSSR count). The van der Waals surface area contributed by atoms with Crippen LogP contribution in [0.15, 0.2) is 65.4 Å². The summed E-state index contributed by atoms with van der Waals surface area (Å²) in [6.45, 7) is 2.46. The van der Waals surface area contributed by atoms with E-state index in [1.165, 1.54) is 23.1 Å². The average molecular weight is 439 g/mol. The molecule has 0 radical (unpaired) electrons. The minimum absolute atomic E-state index is 0.163. The van der Waals surface area contributed by atoms with Gasteiger partial charge in [-0.05, 0) is 31.2 Å². The molecular weight excluding hydrogens is 420 g/mol. The number of thioether (sulfide) groups is 1. The molecule has 0 aliphatic rings. The summed E-state index contributed by atoms with van der Waals surface area (Å²) in [4.78, 5) is 20.8. The van der Waals surface area contributed by atoms with Crippen molar-refractivity contribution in [2.24, 2.45) is 0 Å². The number of anilines is 1. The fourth-order valence-corrected chi connectivity index (χ4v) is 4.02. The number of aromatic nitrogens is 5. The molecule has 0 spiro atoms. The van der Waals surface area contributed by atoms with E-state index in [0.29, 0.717) is 34.2 Å². The van der Waals surface area contributed by atoms with E-state index in [4.69, 9.17) is 4.74 Å². The molecule has 0 unspecified atom stereocenters. The Morgan fingerprint density at radius 1 is 1.13 bits per heavy atom. The van der Waals surface area contributed by atoms with Crippen LogP contribution in [0.1, 0.15) is 6.92 Å². The van der Waals surface area contributed by atoms with Gasteiger partial charge in [0, 0.05) is 17.8 Å². The molecule has 1 amide bonds. The normalized spacial score (nSPS) is 10.7. The Morgan fingerprint density at radius 2 is 2.00 bits per heavy atom. The topological polar surface area (TPSA) is 94.8 Å². The second-order valence-corrected chi connectivity index (χ2v) is 7.77. The number of ether oxygens (including phenoxy) is 1. The van der Waals surface area contributed by atoms with Crippen LogP contribution in [-0.4, -0.2) is 43.0 Å². The molecule has 3 heterocycles. The molecular formula is C20H18N6O2S2. The lowest BCUT2D eigenvalue weighted by atomic mass is 10.2. The first kappa shape index (κ1) is 20.0. The molecule has 1 N–H and O–H groups in total. The second-order valence-electron chi connectivity index (χ2n) is 5.93. The molecule has 152 valence electrons. The molecule has 0 aliphatic heterocycles. The van der Waals surface area contributed by atoms with Crippen molar-refractivity contribution in [1.82, 2.24) is 24.7 Å². The largest absolute Gasteiger partial charge is 0.492 e. The highest BCUT2D eigenvalue weighted by Gasteiger charge is 2.20. The van der Waals surface area contributed by atoms with E-state index < -0.39 is 0 Å². The van der Waals surface area contributed by atoms with Gasteiger partial charge >= 0.3 is 0 Å². The van der Waals surface area contributed by atoms with Gasteiger partial charge in [0.1, 0.15) is 11.4 Å². The summed E-state index contributed by atoms with van der Waals surface area (Å²) in [5, 5.41) is 14.4. The molecule has 0 atom stereocenters. The number of nitrogens with zero attached hydrogens (tertiary/aromatic N) is 5. The maximum Gasteiger partial charge on any atom is 0.236 e. The van der Waals surface area contributed by atoms with Gasteiger partial charge in [-0.2, -0.15) is 0 Å². The SMILES string of the molecule is CCOc1ccccc1-n1c(SCC(=O)Nc2nccs2)nnc1-c1ccccn1. The van der Waals surface area contributed by atoms with Crippen LogP contribution in [-0.2, 0) is 4.79 Å². The third kappa shape index (κ3) is 4.50. The van der Waals surface area contributed by atoms with Crippen molar-refractivity contribution in [3.63, 3.8) is 0 Å². The molecule has 4 aromatic rings. The fraction of sp³-hybridized carbons (Fsp3) is 0.150. The van der Waals surface area contributed by atoms with Crippen molar-refractivity contribution in [2.75, 3.05) is 17.7 Å². The predicted molar refractivity (Wildman–Crippen MR) is 117 cm³/mol. The third-order valence-corrected chi connectivity index (χ3v) is 5.56. The zero-order valence-electron chi connectivity index (χ0n) is 16.1. The minimum atomic E-state index is -0.165. The van der Waals surface area contributed by atoms with Crippen molar-refractivity contribution < 1.29 is 9.53 Å². The number of nitrogens with one attached hydrogen (secondary N) is 1. The Kier molecular flexibility index (Phi) is 6.35. The molecule has 1 aromatic carbocycles. The number of pyridine rings is 1. The third-order valence-electron chi connectivity index (χ3n) is 3.94. The van der Waals surface area contributed by atoms with Gasteiger partial charge in [0.25, 0.3) is 0 Å². The van der Waals surface area contributed by atoms with Gasteiger partial charge in [0.2, 0.25) is 5.91 Å². The minimum Gasteiger partial charge on any atom is -0.492 e. The molecule has 0 bridgehead atoms. The summed E-state index contributed by atoms with van der Waals surface area (Å²) < 4.78 is 7.68. The van der Waals surface area contributed by atoms with E-state index in [1.54, 1.807) is 12.4 Å². The van der Waals surface area contributed by atoms with E-state index in [9.17, 15) is 4.79 Å². The summed E-state index contributed by atoms with van der Waals surface area (Å²) in [7, 11) is 0. The molecule has 30 heavy (non-hydrogen) atoms. The van der Waals surface area contributed by atoms with E-state index in [0.717, 1.165) is 5.69 Å². The highest BCUT2D eigenvalue weighted by molar-refractivity contribution is 7.99. The van der Waals surface area contributed by atoms with Crippen molar-refractivity contribution >= 4 is 34.1 Å². The summed E-state index contributed by atoms with van der Waals surface area (Å²) in [5.41, 5.74) is 1.46. The monoisotopic (exact) mass is 438 g/mol. The average Bonchev–Trinajstić information content (AvgIpc) is 3.43. The predicted octanol–water partition coefficient (Wildman–Crippen LogP) is 3.92. The van der Waals surface area contributed by atoms with Gasteiger partial charge in [-0.15, -0.1) is 21.5 Å². The lowest BCUT2D eigenvalue weighted by Gasteiger charge is -2.14. The molecule has 0 fully saturated rings. The summed E-state index contributed by atoms with van der Waals surface area (Å²) >= 11 is 2.66. The fourth-order valence-electron chi connectivity index (χ4n) is 2.73. The van der Waals surface area contributed by atoms with E-state index >= 15 is 0 Å². The van der Waals surface area contributed by atoms with Crippen LogP contribution >= 0.6 is 23.1 Å². The number of carbonyl (C=O) groups is 1. The van der Waals surface area contributed by atoms with Crippen LogP contribution in [0, 0.1) is 0 Å². The number of hydrogen-bond donors (Lipinski definition) is 1. The maximum absolute atomic E-state index is 12.3. The highest BCUT2D eigenvalue weighted by Crippen LogP contribution is 2.32. The Labute approximate surface area is 181 Å². The molecule has 0 saturated carbocycles. The second kappa shape index (κ2) is 9.51. The van der Waals surface area contributed by atoms with Gasteiger partial charge in [-0.25, -0.2) is 4.98 Å². The molecule has 0 saturated heterocycles. The lowest BCUT2D eigenvalue weighted by molar-refractivity contribution is -0.113. The summed E-state index contributed by atoms with van der Waals surface area (Å²) in [6, 6.07) is 13.3. The molecule has 8 nitrogen and oxygen atoms in total. The van der Waals surface area contributed by atoms with Crippen molar-refractivity contribution in [3.8, 4) is 23.0 Å². The van der Waals surface area contributed by atoms with Gasteiger partial charge in [-0.3, -0.25) is 14.3 Å². The Morgan fingerprint density at radius 3 is 2.77 bits per heavy atom. The first-order chi connectivity index (χ1) is 14.8. The summed E-state index contributed by atoms with van der Waals surface area (Å²) in [6.07, 6.45) is 3.35. The maximum atomic E-state index is 12.3. The van der Waals surface area contributed by atoms with Crippen molar-refractivity contribution in [2.45, 2.75) is 12.1 Å². The van der Waals surface area contributed by atoms with Crippen LogP contribution in [0.5, 0.6) is 5.75 Å². The smallest absolute Gasteiger partial charge is 0.236 e. The van der Waals surface area contributed by atoms with Gasteiger partial charge in [0.05, 0.1) is 18.0 Å². The highest BCUT2D eigenvalue weighted by atomic mass is 32.2. The van der Waals surface area contributed by atoms with Crippen molar-refractivity contribution in [1.29, 1.82) is 0 Å². The quantitative estimate of drug-likeness (QED) is 0.417. The number of hydrogen-bond acceptors (Lipinski definition) is 8. The van der Waals surface area contributed by atoms with Crippen LogP contribution in [0.3, 0.4) is 0 Å². The van der Waals surface area contributed by atoms with E-state index in [1.807, 2.05) is 59.3 Å². The summed E-state index contributed by atoms with van der Waals surface area (Å²) in [5.74, 6) is 1.27. The van der Waals surface area contributed by atoms with Gasteiger partial charge < -0.3 is 10.1 Å². The molecule has 3 aromatic heterocycles. The van der Waals surface area contributed by atoms with Crippen molar-refractivity contribution in [3.05, 3.63) is 60.2 Å². The Hall–Kier alpha value is -3.24. The van der Waals surface area contributed by atoms with E-state index in [2.05, 4.69) is 25.5 Å². The van der Waals surface area contributed by atoms with Crippen LogP contribution in [0.25, 0.3) is 17.2 Å². The number of benzene rings is 1. The van der Waals surface area contributed by atoms with Crippen LogP contribution in [0.2, 0.25) is 0 Å². The van der Waals surface area contributed by atoms with Gasteiger partial charge in [0.15, 0.2) is 16.1 Å². The zero-order valence-corrected chi connectivity index (χ0v) is 17.7. The lowest BCUT2D eigenvalue weighted by Crippen LogP contribution is -2.14. The Bertz CT molecular complexity index is 1120. The number of carbonyl (C=O) groups excluding carboxylic acids is 1. The molecule has 0 aliphatic carbocycles. The first-order valence-electron chi connectivity index (χ1n) is 9.17. The van der Waals surface area contributed by atoms with Crippen LogP contribution < -0.4 is 10.1 Å². The van der Waals surface area contributed by atoms with Crippen LogP contribution in [0.4, 0.5) is 5.13 Å².